The minimum Gasteiger partial charge on any atom is -0.357 e. The summed E-state index contributed by atoms with van der Waals surface area (Å²) < 4.78 is 0. The van der Waals surface area contributed by atoms with E-state index < -0.39 is 0 Å². The van der Waals surface area contributed by atoms with Gasteiger partial charge in [0.25, 0.3) is 0 Å². The maximum absolute atomic E-state index is 13.0. The molecule has 0 amide bonds. The molecule has 0 radical (unpaired) electrons. The Morgan fingerprint density at radius 1 is 1.00 bits per heavy atom. The number of aryl methyl sites for hydroxylation is 1. The van der Waals surface area contributed by atoms with E-state index in [0.717, 1.165) is 28.1 Å². The molecule has 1 heterocycles. The molecule has 0 fully saturated rings. The van der Waals surface area contributed by atoms with E-state index in [1.54, 1.807) is 0 Å². The van der Waals surface area contributed by atoms with Crippen LogP contribution in [0, 0.1) is 18.3 Å². The molecule has 2 aromatic carbocycles. The van der Waals surface area contributed by atoms with Crippen molar-refractivity contribution in [1.82, 2.24) is 5.32 Å². The van der Waals surface area contributed by atoms with Crippen molar-refractivity contribution in [2.24, 2.45) is 0 Å². The molecule has 0 bridgehead atoms. The van der Waals surface area contributed by atoms with Gasteiger partial charge >= 0.3 is 0 Å². The number of benzene rings is 2. The first kappa shape index (κ1) is 14.5. The lowest BCUT2D eigenvalue weighted by Gasteiger charge is -2.27. The monoisotopic (exact) mass is 312 g/mol. The third-order valence-corrected chi connectivity index (χ3v) is 4.78. The third-order valence-electron chi connectivity index (χ3n) is 4.78. The number of rotatable bonds is 1. The van der Waals surface area contributed by atoms with Gasteiger partial charge in [0.05, 0.1) is 23.3 Å². The predicted octanol–water partition coefficient (Wildman–Crippen LogP) is 4.09. The first-order chi connectivity index (χ1) is 11.6. The number of nitriles is 1. The zero-order chi connectivity index (χ0) is 16.8. The van der Waals surface area contributed by atoms with Crippen LogP contribution in [0.1, 0.15) is 39.9 Å². The van der Waals surface area contributed by atoms with Crippen molar-refractivity contribution in [3.05, 3.63) is 87.6 Å². The van der Waals surface area contributed by atoms with E-state index in [0.29, 0.717) is 16.7 Å². The smallest absolute Gasteiger partial charge is 0.192 e. The molecule has 116 valence electrons. The predicted molar refractivity (Wildman–Crippen MR) is 93.1 cm³/mol. The highest BCUT2D eigenvalue weighted by Crippen LogP contribution is 2.46. The lowest BCUT2D eigenvalue weighted by molar-refractivity contribution is 0.103. The van der Waals surface area contributed by atoms with E-state index in [2.05, 4.69) is 11.4 Å². The van der Waals surface area contributed by atoms with Gasteiger partial charge in [0.15, 0.2) is 5.78 Å². The van der Waals surface area contributed by atoms with Gasteiger partial charge in [0.2, 0.25) is 0 Å². The Morgan fingerprint density at radius 2 is 1.67 bits per heavy atom. The molecule has 1 atom stereocenters. The third kappa shape index (κ3) is 1.93. The number of dihydropyridines is 1. The van der Waals surface area contributed by atoms with E-state index in [1.165, 1.54) is 0 Å². The van der Waals surface area contributed by atoms with Crippen LogP contribution in [0.5, 0.6) is 0 Å². The second-order valence-corrected chi connectivity index (χ2v) is 6.28. The summed E-state index contributed by atoms with van der Waals surface area (Å²) in [5.74, 6) is -0.300. The van der Waals surface area contributed by atoms with E-state index in [4.69, 9.17) is 0 Å². The number of nitrogens with one attached hydrogen (secondary N) is 1. The van der Waals surface area contributed by atoms with Crippen LogP contribution in [0.15, 0.2) is 65.4 Å². The number of hydrogen-bond acceptors (Lipinski definition) is 3. The molecule has 3 nitrogen and oxygen atoms in total. The molecule has 2 aliphatic rings. The summed E-state index contributed by atoms with van der Waals surface area (Å²) in [4.78, 5) is 13.0. The minimum absolute atomic E-state index is 0.0129. The number of ketones is 1. The summed E-state index contributed by atoms with van der Waals surface area (Å²) in [7, 11) is 0. The number of Topliss-reactive ketones (excluding diaryl/α,β-unsaturated/α-hetero) is 1. The Morgan fingerprint density at radius 3 is 2.33 bits per heavy atom. The number of fused-ring (bicyclic) bond motifs is 2. The van der Waals surface area contributed by atoms with Crippen LogP contribution in [0.25, 0.3) is 5.70 Å². The lowest BCUT2D eigenvalue weighted by atomic mass is 9.80. The van der Waals surface area contributed by atoms with Crippen LogP contribution in [-0.2, 0) is 0 Å². The molecule has 1 N–H and O–H groups in total. The van der Waals surface area contributed by atoms with Gasteiger partial charge in [-0.2, -0.15) is 5.26 Å². The van der Waals surface area contributed by atoms with Crippen LogP contribution in [-0.4, -0.2) is 5.78 Å². The molecular weight excluding hydrogens is 296 g/mol. The van der Waals surface area contributed by atoms with Gasteiger partial charge < -0.3 is 5.32 Å². The molecule has 24 heavy (non-hydrogen) atoms. The van der Waals surface area contributed by atoms with Crippen molar-refractivity contribution in [3.8, 4) is 6.07 Å². The van der Waals surface area contributed by atoms with Crippen LogP contribution in [0.2, 0.25) is 0 Å². The Hall–Kier alpha value is -3.12. The summed E-state index contributed by atoms with van der Waals surface area (Å²) in [5.41, 5.74) is 6.71. The fourth-order valence-corrected chi connectivity index (χ4v) is 3.57. The highest BCUT2D eigenvalue weighted by atomic mass is 16.1. The summed E-state index contributed by atoms with van der Waals surface area (Å²) in [6.45, 7) is 3.93. The SMILES string of the molecule is CC1=C(C#N)[C@@H](c2ccc(C)cc2)C2=C(N1)c1ccccc1C2=O. The van der Waals surface area contributed by atoms with E-state index >= 15 is 0 Å². The van der Waals surface area contributed by atoms with Crippen molar-refractivity contribution in [1.29, 1.82) is 5.26 Å². The van der Waals surface area contributed by atoms with Gasteiger partial charge in [-0.1, -0.05) is 54.1 Å². The van der Waals surface area contributed by atoms with Gasteiger partial charge in [-0.3, -0.25) is 4.79 Å². The van der Waals surface area contributed by atoms with Gasteiger partial charge in [-0.15, -0.1) is 0 Å². The van der Waals surface area contributed by atoms with Crippen molar-refractivity contribution in [2.45, 2.75) is 19.8 Å². The number of hydrogen-bond donors (Lipinski definition) is 1. The molecule has 4 rings (SSSR count). The molecule has 3 heteroatoms. The summed E-state index contributed by atoms with van der Waals surface area (Å²) in [5, 5.41) is 13.0. The summed E-state index contributed by atoms with van der Waals surface area (Å²) in [6, 6.07) is 18.0. The van der Waals surface area contributed by atoms with Gasteiger partial charge in [-0.25, -0.2) is 0 Å². The number of allylic oxidation sites excluding steroid dienone is 3. The summed E-state index contributed by atoms with van der Waals surface area (Å²) >= 11 is 0. The molecule has 0 unspecified atom stereocenters. The molecule has 0 spiro atoms. The first-order valence-electron chi connectivity index (χ1n) is 7.94. The molecule has 1 aliphatic heterocycles. The average Bonchev–Trinajstić information content (AvgIpc) is 2.87. The fourth-order valence-electron chi connectivity index (χ4n) is 3.57. The number of carbonyl (C=O) groups excluding carboxylic acids is 1. The molecular formula is C21H16N2O. The molecule has 0 aromatic heterocycles. The van der Waals surface area contributed by atoms with Crippen molar-refractivity contribution < 1.29 is 4.79 Å². The topological polar surface area (TPSA) is 52.9 Å². The number of carbonyl (C=O) groups is 1. The largest absolute Gasteiger partial charge is 0.357 e. The quantitative estimate of drug-likeness (QED) is 0.863. The van der Waals surface area contributed by atoms with E-state index in [9.17, 15) is 10.1 Å². The maximum atomic E-state index is 13.0. The Balaban J connectivity index is 1.95. The highest BCUT2D eigenvalue weighted by Gasteiger charge is 2.40. The second-order valence-electron chi connectivity index (χ2n) is 6.28. The van der Waals surface area contributed by atoms with Crippen LogP contribution in [0.4, 0.5) is 0 Å². The normalized spacial score (nSPS) is 18.9. The number of nitrogens with zero attached hydrogens (tertiary/aromatic N) is 1. The van der Waals surface area contributed by atoms with Gasteiger partial charge in [-0.05, 0) is 19.4 Å². The first-order valence-corrected chi connectivity index (χ1v) is 7.94. The second kappa shape index (κ2) is 5.21. The standard InChI is InChI=1S/C21H16N2O/c1-12-7-9-14(10-8-12)18-17(11-22)13(2)23-20-15-5-3-4-6-16(15)21(24)19(18)20/h3-10,18,23H,1-2H3/t18-/m1/s1. The molecule has 0 saturated heterocycles. The lowest BCUT2D eigenvalue weighted by Crippen LogP contribution is -2.24. The Labute approximate surface area is 140 Å². The zero-order valence-electron chi connectivity index (χ0n) is 13.6. The van der Waals surface area contributed by atoms with E-state index in [1.807, 2.05) is 62.4 Å². The fraction of sp³-hybridized carbons (Fsp3) is 0.143. The molecule has 0 saturated carbocycles. The van der Waals surface area contributed by atoms with Gasteiger partial charge in [0.1, 0.15) is 0 Å². The minimum atomic E-state index is -0.313. The van der Waals surface area contributed by atoms with Crippen molar-refractivity contribution in [3.63, 3.8) is 0 Å². The Bertz CT molecular complexity index is 972. The van der Waals surface area contributed by atoms with Crippen molar-refractivity contribution >= 4 is 11.5 Å². The van der Waals surface area contributed by atoms with E-state index in [-0.39, 0.29) is 11.7 Å². The summed E-state index contributed by atoms with van der Waals surface area (Å²) in [6.07, 6.45) is 0. The molecule has 1 aliphatic carbocycles. The van der Waals surface area contributed by atoms with Crippen molar-refractivity contribution in [2.75, 3.05) is 0 Å². The average molecular weight is 312 g/mol. The van der Waals surface area contributed by atoms with Crippen LogP contribution >= 0.6 is 0 Å². The van der Waals surface area contributed by atoms with Crippen LogP contribution in [0.3, 0.4) is 0 Å². The highest BCUT2D eigenvalue weighted by molar-refractivity contribution is 6.22. The van der Waals surface area contributed by atoms with Crippen LogP contribution < -0.4 is 5.32 Å². The molecule has 2 aromatic rings. The Kier molecular flexibility index (Phi) is 3.14. The maximum Gasteiger partial charge on any atom is 0.192 e. The van der Waals surface area contributed by atoms with Gasteiger partial charge in [0, 0.05) is 22.4 Å². The zero-order valence-corrected chi connectivity index (χ0v) is 13.6.